The molecule has 0 spiro atoms. The zero-order chi connectivity index (χ0) is 43.6. The monoisotopic (exact) mass is 849 g/mol. The highest BCUT2D eigenvalue weighted by Gasteiger charge is 2.48. The Hall–Kier alpha value is -5.77. The Morgan fingerprint density at radius 1 is 0.934 bits per heavy atom. The molecule has 10 N–H and O–H groups in total. The molecule has 20 nitrogen and oxygen atoms in total. The van der Waals surface area contributed by atoms with E-state index in [0.29, 0.717) is 50.6 Å². The Balaban J connectivity index is 1.03. The number of hydrogen-bond donors (Lipinski definition) is 8. The summed E-state index contributed by atoms with van der Waals surface area (Å²) >= 11 is 0. The number of carboxylic acid groups (broad SMARTS) is 1. The quantitative estimate of drug-likeness (QED) is 0.0661. The number of aliphatic carboxylic acids is 1. The minimum atomic E-state index is -1.91. The molecule has 2 aliphatic heterocycles. The molecule has 2 saturated heterocycles. The highest BCUT2D eigenvalue weighted by atomic mass is 16.7. The Kier molecular flexibility index (Phi) is 15.2. The highest BCUT2D eigenvalue weighted by molar-refractivity contribution is 5.92. The largest absolute Gasteiger partial charge is 0.496 e. The molecule has 20 heteroatoms. The van der Waals surface area contributed by atoms with Gasteiger partial charge in [-0.3, -0.25) is 9.69 Å². The number of benzene rings is 2. The van der Waals surface area contributed by atoms with Crippen LogP contribution in [0.1, 0.15) is 49.3 Å². The van der Waals surface area contributed by atoms with Crippen LogP contribution in [0.3, 0.4) is 0 Å². The number of nitrogens with one attached hydrogen (secondary N) is 2. The molecule has 6 rings (SSSR count). The number of carboxylic acids is 1. The predicted molar refractivity (Wildman–Crippen MR) is 223 cm³/mol. The zero-order valence-electron chi connectivity index (χ0n) is 34.2. The van der Waals surface area contributed by atoms with Gasteiger partial charge in [0.25, 0.3) is 0 Å². The lowest BCUT2D eigenvalue weighted by molar-refractivity contribution is -0.271. The number of carbonyl (C=O) groups is 3. The van der Waals surface area contributed by atoms with E-state index in [1.165, 1.54) is 12.1 Å². The van der Waals surface area contributed by atoms with Crippen LogP contribution in [0, 0.1) is 0 Å². The first-order chi connectivity index (χ1) is 29.4. The first kappa shape index (κ1) is 44.8. The van der Waals surface area contributed by atoms with Crippen molar-refractivity contribution in [2.24, 2.45) is 5.73 Å². The lowest BCUT2D eigenvalue weighted by atomic mass is 9.99. The minimum Gasteiger partial charge on any atom is -0.496 e. The summed E-state index contributed by atoms with van der Waals surface area (Å²) in [5.41, 5.74) is 15.8. The molecule has 4 aromatic rings. The Bertz CT molecular complexity index is 2150. The van der Waals surface area contributed by atoms with E-state index in [1.807, 2.05) is 18.3 Å². The normalized spacial score (nSPS) is 20.6. The number of unbranched alkanes of at least 4 members (excludes halogenated alkanes) is 2. The summed E-state index contributed by atoms with van der Waals surface area (Å²) in [6.45, 7) is 6.13. The molecular weight excluding hydrogens is 795 g/mol. The van der Waals surface area contributed by atoms with E-state index in [0.717, 1.165) is 53.7 Å². The van der Waals surface area contributed by atoms with Crippen LogP contribution >= 0.6 is 0 Å². The van der Waals surface area contributed by atoms with E-state index in [4.69, 9.17) is 30.4 Å². The molecule has 2 aromatic carbocycles. The predicted octanol–water partition coefficient (Wildman–Crippen LogP) is 1.69. The van der Waals surface area contributed by atoms with Gasteiger partial charge in [0.1, 0.15) is 41.9 Å². The Morgan fingerprint density at radius 2 is 1.70 bits per heavy atom. The summed E-state index contributed by atoms with van der Waals surface area (Å²) in [6.07, 6.45) is -4.51. The fraction of sp³-hybridized carbons (Fsp3) is 0.488. The van der Waals surface area contributed by atoms with Gasteiger partial charge in [0, 0.05) is 64.0 Å². The Morgan fingerprint density at radius 3 is 2.43 bits per heavy atom. The number of aliphatic hydroxyl groups excluding tert-OH is 3. The van der Waals surface area contributed by atoms with Crippen LogP contribution in [0.2, 0.25) is 0 Å². The number of rotatable bonds is 18. The lowest BCUT2D eigenvalue weighted by Gasteiger charge is -2.38. The van der Waals surface area contributed by atoms with Crippen molar-refractivity contribution in [2.75, 3.05) is 62.7 Å². The van der Waals surface area contributed by atoms with Crippen LogP contribution in [0.4, 0.5) is 22.2 Å². The van der Waals surface area contributed by atoms with E-state index in [9.17, 15) is 34.8 Å². The van der Waals surface area contributed by atoms with Crippen LogP contribution in [0.25, 0.3) is 11.0 Å². The van der Waals surface area contributed by atoms with Gasteiger partial charge < -0.3 is 70.9 Å². The third-order valence-electron chi connectivity index (χ3n) is 10.5. The number of methoxy groups -OCH3 is 1. The molecule has 1 unspecified atom stereocenters. The van der Waals surface area contributed by atoms with E-state index < -0.39 is 48.7 Å². The van der Waals surface area contributed by atoms with Crippen LogP contribution < -0.4 is 31.6 Å². The van der Waals surface area contributed by atoms with Crippen molar-refractivity contribution >= 4 is 46.5 Å². The molecule has 4 heterocycles. The second-order valence-electron chi connectivity index (χ2n) is 15.0. The van der Waals surface area contributed by atoms with E-state index in [2.05, 4.69) is 49.1 Å². The van der Waals surface area contributed by atoms with Crippen molar-refractivity contribution in [1.29, 1.82) is 0 Å². The maximum absolute atomic E-state index is 13.1. The van der Waals surface area contributed by atoms with Crippen LogP contribution in [0.15, 0.2) is 48.7 Å². The number of nitrogens with two attached hydrogens (primary N) is 2. The maximum Gasteiger partial charge on any atom is 0.410 e. The standard InChI is InChI=1S/C41H55N9O11/c1-3-4-5-13-44-37-32-27(46-40(43)47-37)11-14-50(32)22-26-8-6-24(20-30(26)58-2)21-48-15-17-49(18-16-48)41(57)59-23-25-7-9-29(28(19-25)45-31(51)10-12-42)60-39-35(54)33(52)34(53)36(61-39)38(55)56/h6-9,11,14,19-20,33-36,39,52-54H,3-5,10,12-13,15-18,21-23,42H2,1-2H3,(H,45,51)(H,55,56)(H3,43,44,46,47)/t33-,34-,35+,36-,39?/m1/s1. The average molecular weight is 850 g/mol. The number of amides is 2. The first-order valence-electron chi connectivity index (χ1n) is 20.3. The van der Waals surface area contributed by atoms with Gasteiger partial charge in [0.15, 0.2) is 11.9 Å². The smallest absolute Gasteiger partial charge is 0.410 e. The van der Waals surface area contributed by atoms with E-state index in [-0.39, 0.29) is 37.0 Å². The summed E-state index contributed by atoms with van der Waals surface area (Å²) in [5.74, 6) is -0.406. The van der Waals surface area contributed by atoms with E-state index in [1.54, 1.807) is 18.1 Å². The average Bonchev–Trinajstić information content (AvgIpc) is 3.65. The van der Waals surface area contributed by atoms with Crippen LogP contribution in [-0.4, -0.2) is 140 Å². The fourth-order valence-electron chi connectivity index (χ4n) is 7.23. The third-order valence-corrected chi connectivity index (χ3v) is 10.5. The van der Waals surface area contributed by atoms with Crippen molar-refractivity contribution in [3.05, 3.63) is 65.4 Å². The molecule has 5 atom stereocenters. The molecule has 2 fully saturated rings. The number of anilines is 3. The first-order valence-corrected chi connectivity index (χ1v) is 20.3. The number of carbonyl (C=O) groups excluding carboxylic acids is 2. The zero-order valence-corrected chi connectivity index (χ0v) is 34.2. The van der Waals surface area contributed by atoms with Crippen molar-refractivity contribution in [3.63, 3.8) is 0 Å². The summed E-state index contributed by atoms with van der Waals surface area (Å²) < 4.78 is 24.5. The maximum atomic E-state index is 13.1. The number of nitrogens with zero attached hydrogens (tertiary/aromatic N) is 5. The van der Waals surface area contributed by atoms with Gasteiger partial charge in [0.2, 0.25) is 18.1 Å². The molecule has 330 valence electrons. The Labute approximate surface area is 352 Å². The lowest BCUT2D eigenvalue weighted by Crippen LogP contribution is -2.61. The summed E-state index contributed by atoms with van der Waals surface area (Å²) in [5, 5.41) is 46.1. The van der Waals surface area contributed by atoms with Gasteiger partial charge in [-0.05, 0) is 41.8 Å². The highest BCUT2D eigenvalue weighted by Crippen LogP contribution is 2.32. The number of aliphatic hydroxyl groups is 3. The van der Waals surface area contributed by atoms with Gasteiger partial charge in [0.05, 0.1) is 24.9 Å². The number of piperazine rings is 1. The van der Waals surface area contributed by atoms with Gasteiger partial charge in [-0.25, -0.2) is 14.6 Å². The fourth-order valence-corrected chi connectivity index (χ4v) is 7.23. The molecule has 2 aromatic heterocycles. The SMILES string of the molecule is CCCCCNc1nc(N)nc2ccn(Cc3ccc(CN4CCN(C(=O)OCc5ccc(OC6O[C@@H](C(=O)O)[C@H](O)[C@@H](O)[C@@H]6O)c(NC(=O)CCN)c5)CC4)cc3OC)c12. The molecule has 0 bridgehead atoms. The number of nitrogen functional groups attached to an aromatic ring is 1. The van der Waals surface area contributed by atoms with Crippen molar-refractivity contribution in [1.82, 2.24) is 24.3 Å². The molecule has 0 radical (unpaired) electrons. The number of aromatic nitrogens is 3. The third kappa shape index (κ3) is 11.1. The van der Waals surface area contributed by atoms with E-state index >= 15 is 0 Å². The van der Waals surface area contributed by atoms with Gasteiger partial charge in [-0.2, -0.15) is 4.98 Å². The second-order valence-corrected chi connectivity index (χ2v) is 15.0. The summed E-state index contributed by atoms with van der Waals surface area (Å²) in [7, 11) is 1.65. The molecule has 2 amide bonds. The van der Waals surface area contributed by atoms with Crippen LogP contribution in [-0.2, 0) is 38.8 Å². The number of fused-ring (bicyclic) bond motifs is 1. The van der Waals surface area contributed by atoms with Gasteiger partial charge in [-0.15, -0.1) is 0 Å². The summed E-state index contributed by atoms with van der Waals surface area (Å²) in [6, 6.07) is 12.5. The molecule has 61 heavy (non-hydrogen) atoms. The van der Waals surface area contributed by atoms with Gasteiger partial charge >= 0.3 is 12.1 Å². The second kappa shape index (κ2) is 20.7. The molecule has 0 saturated carbocycles. The molecular formula is C41H55N9O11. The molecule has 2 aliphatic rings. The summed E-state index contributed by atoms with van der Waals surface area (Å²) in [4.78, 5) is 50.0. The van der Waals surface area contributed by atoms with Crippen molar-refractivity contribution in [3.8, 4) is 11.5 Å². The van der Waals surface area contributed by atoms with Crippen LogP contribution in [0.5, 0.6) is 11.5 Å². The molecule has 0 aliphatic carbocycles. The van der Waals surface area contributed by atoms with Crippen molar-refractivity contribution in [2.45, 2.75) is 83.0 Å². The number of hydrogen-bond acceptors (Lipinski definition) is 16. The minimum absolute atomic E-state index is 0.0328. The van der Waals surface area contributed by atoms with Crippen molar-refractivity contribution < 1.29 is 53.8 Å². The topological polar surface area (TPSA) is 282 Å². The number of ether oxygens (including phenoxy) is 4. The van der Waals surface area contributed by atoms with Gasteiger partial charge in [-0.1, -0.05) is 38.0 Å².